The molecule has 2 unspecified atom stereocenters. The van der Waals surface area contributed by atoms with E-state index in [1.807, 2.05) is 24.5 Å². The van der Waals surface area contributed by atoms with Crippen LogP contribution in [0.25, 0.3) is 0 Å². The second-order valence-electron chi connectivity index (χ2n) is 9.50. The van der Waals surface area contributed by atoms with E-state index in [1.54, 1.807) is 11.0 Å². The summed E-state index contributed by atoms with van der Waals surface area (Å²) in [4.78, 5) is 67.1. The maximum Gasteiger partial charge on any atom is 0.382 e. The molecule has 0 aliphatic heterocycles. The number of anilines is 2. The van der Waals surface area contributed by atoms with Gasteiger partial charge in [-0.05, 0) is 35.9 Å². The molecule has 4 aromatic rings. The molecule has 2 heterocycles. The highest BCUT2D eigenvalue weighted by atomic mass is 35.5. The summed E-state index contributed by atoms with van der Waals surface area (Å²) in [6.45, 7) is 4.00. The number of alkyl halides is 5. The minimum atomic E-state index is -3.95. The molecule has 4 N–H and O–H groups in total. The molecule has 320 valence electrons. The molecule has 0 aliphatic carbocycles. The van der Waals surface area contributed by atoms with E-state index in [9.17, 15) is 45.2 Å². The highest BCUT2D eigenvalue weighted by Gasteiger charge is 2.34. The number of halogens is 5. The van der Waals surface area contributed by atoms with Gasteiger partial charge in [-0.3, -0.25) is 10.6 Å². The number of nitrogens with one attached hydrogen (secondary N) is 4. The quantitative estimate of drug-likeness (QED) is 0.0599. The molecule has 0 spiro atoms. The number of hydrogen-bond acceptors (Lipinski definition) is 18. The fraction of sp³-hybridized carbons (Fsp3) is 0.267. The van der Waals surface area contributed by atoms with Gasteiger partial charge in [0, 0.05) is 0 Å². The number of esters is 2. The van der Waals surface area contributed by atoms with Crippen LogP contribution in [-0.4, -0.2) is 90.8 Å². The van der Waals surface area contributed by atoms with E-state index in [0.717, 1.165) is 28.4 Å². The molecule has 4 amide bonds. The van der Waals surface area contributed by atoms with Gasteiger partial charge in [0.05, 0.1) is 49.4 Å². The topological polar surface area (TPSA) is 283 Å². The van der Waals surface area contributed by atoms with Crippen LogP contribution in [-0.2, 0) is 45.6 Å². The molecule has 59 heavy (non-hydrogen) atoms. The third-order valence-corrected chi connectivity index (χ3v) is 7.94. The first kappa shape index (κ1) is 48.9. The Morgan fingerprint density at radius 1 is 0.661 bits per heavy atom. The van der Waals surface area contributed by atoms with Crippen molar-refractivity contribution in [1.29, 1.82) is 0 Å². The molecule has 0 aliphatic rings. The standard InChI is InChI=1S/C14H12ClF2N5O6S.C14H13F2N5O6S.C2H6/c1-26-9(23)7-5-3-4-6-8(7)29(25)28-22-12(24)20-11-18-10(14(15,16)17)19-13(21-11)27-2;1-25-11(22)7-5-3-4-6-8(7)28(24)27-21-13(23)19-12-17-10(9(15)16)18-14(20-12)26-2;1-2/h3-6H,1-2H3,(H2,18,19,20,21,22,24);3-6,9H,1-2H3,(H2,17,18,19,20,21,23);1-2H3. The summed E-state index contributed by atoms with van der Waals surface area (Å²) in [6, 6.07) is 8.04. The number of urea groups is 2. The van der Waals surface area contributed by atoms with E-state index >= 15 is 0 Å². The lowest BCUT2D eigenvalue weighted by atomic mass is 10.2. The number of benzene rings is 2. The van der Waals surface area contributed by atoms with Gasteiger partial charge in [-0.25, -0.2) is 47.3 Å². The van der Waals surface area contributed by atoms with Crippen LogP contribution < -0.4 is 31.1 Å². The highest BCUT2D eigenvalue weighted by molar-refractivity contribution is 7.80. The molecule has 0 bridgehead atoms. The zero-order valence-electron chi connectivity index (χ0n) is 31.0. The maximum atomic E-state index is 13.2. The van der Waals surface area contributed by atoms with E-state index < -0.39 is 93.5 Å². The minimum absolute atomic E-state index is 0.0330. The van der Waals surface area contributed by atoms with Crippen molar-refractivity contribution in [2.45, 2.75) is 35.4 Å². The smallest absolute Gasteiger partial charge is 0.382 e. The molecule has 22 nitrogen and oxygen atoms in total. The number of methoxy groups -OCH3 is 4. The summed E-state index contributed by atoms with van der Waals surface area (Å²) in [5.41, 5.74) is 3.43. The van der Waals surface area contributed by atoms with Crippen molar-refractivity contribution in [1.82, 2.24) is 40.9 Å². The van der Waals surface area contributed by atoms with Gasteiger partial charge >= 0.3 is 41.4 Å². The van der Waals surface area contributed by atoms with E-state index in [2.05, 4.69) is 57.4 Å². The second kappa shape index (κ2) is 23.9. The fourth-order valence-electron chi connectivity index (χ4n) is 3.52. The Balaban J connectivity index is 0.000000391. The number of amides is 4. The van der Waals surface area contributed by atoms with Crippen LogP contribution in [0.3, 0.4) is 0 Å². The van der Waals surface area contributed by atoms with Gasteiger partial charge in [-0.15, -0.1) is 0 Å². The van der Waals surface area contributed by atoms with Crippen LogP contribution in [0, 0.1) is 0 Å². The Hall–Kier alpha value is -6.23. The van der Waals surface area contributed by atoms with Gasteiger partial charge in [-0.1, -0.05) is 38.1 Å². The summed E-state index contributed by atoms with van der Waals surface area (Å²) in [6.07, 6.45) is -3.03. The van der Waals surface area contributed by atoms with Crippen LogP contribution in [0.2, 0.25) is 0 Å². The Kier molecular flexibility index (Phi) is 19.8. The van der Waals surface area contributed by atoms with Crippen molar-refractivity contribution in [2.75, 3.05) is 39.1 Å². The second-order valence-corrected chi connectivity index (χ2v) is 12.1. The van der Waals surface area contributed by atoms with Crippen molar-refractivity contribution in [2.24, 2.45) is 0 Å². The average molecular weight is 899 g/mol. The third-order valence-electron chi connectivity index (χ3n) is 5.88. The zero-order valence-corrected chi connectivity index (χ0v) is 33.4. The molecule has 29 heteroatoms. The van der Waals surface area contributed by atoms with Gasteiger partial charge in [0.25, 0.3) is 6.43 Å². The van der Waals surface area contributed by atoms with E-state index in [4.69, 9.17) is 11.6 Å². The van der Waals surface area contributed by atoms with Gasteiger partial charge in [0.1, 0.15) is 0 Å². The lowest BCUT2D eigenvalue weighted by Crippen LogP contribution is -2.31. The molecule has 4 rings (SSSR count). The molecule has 2 aromatic carbocycles. The van der Waals surface area contributed by atoms with Crippen LogP contribution in [0.4, 0.5) is 39.0 Å². The Bertz CT molecular complexity index is 2140. The molecular formula is C30H31ClF4N10O12S2. The van der Waals surface area contributed by atoms with E-state index in [-0.39, 0.29) is 20.9 Å². The number of hydroxylamine groups is 2. The van der Waals surface area contributed by atoms with Crippen molar-refractivity contribution >= 4 is 69.7 Å². The average Bonchev–Trinajstić information content (AvgIpc) is 3.24. The number of ether oxygens (including phenoxy) is 4. The first-order valence-corrected chi connectivity index (χ1v) is 18.2. The van der Waals surface area contributed by atoms with Crippen LogP contribution in [0.5, 0.6) is 12.0 Å². The Morgan fingerprint density at radius 3 is 1.46 bits per heavy atom. The minimum Gasteiger partial charge on any atom is -0.467 e. The van der Waals surface area contributed by atoms with Crippen molar-refractivity contribution in [3.8, 4) is 12.0 Å². The number of nitrogens with zero attached hydrogens (tertiary/aromatic N) is 6. The van der Waals surface area contributed by atoms with Gasteiger partial charge < -0.3 is 18.9 Å². The molecular weight excluding hydrogens is 868 g/mol. The fourth-order valence-corrected chi connectivity index (χ4v) is 5.13. The molecule has 0 radical (unpaired) electrons. The molecule has 0 saturated heterocycles. The zero-order chi connectivity index (χ0) is 44.3. The van der Waals surface area contributed by atoms with E-state index in [0.29, 0.717) is 0 Å². The number of rotatable bonds is 14. The number of aromatic nitrogens is 6. The largest absolute Gasteiger partial charge is 0.467 e. The Morgan fingerprint density at radius 2 is 1.07 bits per heavy atom. The van der Waals surface area contributed by atoms with Crippen molar-refractivity contribution in [3.63, 3.8) is 0 Å². The summed E-state index contributed by atoms with van der Waals surface area (Å²) >= 11 is 0.250. The predicted octanol–water partition coefficient (Wildman–Crippen LogP) is 4.14. The van der Waals surface area contributed by atoms with E-state index in [1.165, 1.54) is 48.5 Å². The lowest BCUT2D eigenvalue weighted by Gasteiger charge is -2.11. The maximum absolute atomic E-state index is 13.2. The normalized spacial score (nSPS) is 11.5. The summed E-state index contributed by atoms with van der Waals surface area (Å²) in [5, 5.41) is -0.00592. The molecule has 0 fully saturated rings. The SMILES string of the molecule is CC.COC(=O)c1ccccc1S(=O)ONC(=O)Nc1nc(OC)nc(C(F)(F)Cl)n1.COC(=O)c1ccccc1S(=O)ONC(=O)Nc1nc(OC)nc(C(F)F)n1. The lowest BCUT2D eigenvalue weighted by molar-refractivity contribution is 0.0587. The number of hydrogen-bond donors (Lipinski definition) is 4. The first-order valence-electron chi connectivity index (χ1n) is 15.6. The molecule has 2 atom stereocenters. The van der Waals surface area contributed by atoms with Crippen LogP contribution in [0.15, 0.2) is 58.3 Å². The van der Waals surface area contributed by atoms with Crippen LogP contribution in [0.1, 0.15) is 52.6 Å². The summed E-state index contributed by atoms with van der Waals surface area (Å²) < 4.78 is 104. The van der Waals surface area contributed by atoms with Crippen molar-refractivity contribution < 1.29 is 72.7 Å². The Labute approximate surface area is 340 Å². The number of carbonyl (C=O) groups excluding carboxylic acids is 4. The highest BCUT2D eigenvalue weighted by Crippen LogP contribution is 2.30. The van der Waals surface area contributed by atoms with Crippen LogP contribution >= 0.6 is 11.6 Å². The molecule has 2 aromatic heterocycles. The summed E-state index contributed by atoms with van der Waals surface area (Å²) in [7, 11) is 4.52. The van der Waals surface area contributed by atoms with Gasteiger partial charge in [-0.2, -0.15) is 47.3 Å². The molecule has 0 saturated carbocycles. The van der Waals surface area contributed by atoms with Gasteiger partial charge in [0.2, 0.25) is 45.7 Å². The van der Waals surface area contributed by atoms with Gasteiger partial charge in [0.15, 0.2) is 0 Å². The number of carbonyl (C=O) groups is 4. The van der Waals surface area contributed by atoms with Crippen molar-refractivity contribution in [3.05, 3.63) is 71.3 Å². The monoisotopic (exact) mass is 898 g/mol. The first-order chi connectivity index (χ1) is 28.0. The predicted molar refractivity (Wildman–Crippen MR) is 194 cm³/mol. The summed E-state index contributed by atoms with van der Waals surface area (Å²) in [5.74, 6) is -4.81. The third kappa shape index (κ3) is 15.2.